The molecule has 0 fully saturated rings. The number of aromatic amines is 1. The molecule has 0 aliphatic rings. The van der Waals surface area contributed by atoms with Crippen molar-refractivity contribution in [1.82, 2.24) is 14.9 Å². The number of benzene rings is 1. The molecule has 3 N–H and O–H groups in total. The van der Waals surface area contributed by atoms with Gasteiger partial charge in [-0.1, -0.05) is 6.07 Å². The summed E-state index contributed by atoms with van der Waals surface area (Å²) >= 11 is 0. The van der Waals surface area contributed by atoms with Gasteiger partial charge >= 0.3 is 0 Å². The highest BCUT2D eigenvalue weighted by atomic mass is 15.1. The van der Waals surface area contributed by atoms with Crippen molar-refractivity contribution in [3.8, 4) is 0 Å². The lowest BCUT2D eigenvalue weighted by molar-refractivity contribution is 0.324. The predicted molar refractivity (Wildman–Crippen MR) is 80.3 cm³/mol. The van der Waals surface area contributed by atoms with Crippen molar-refractivity contribution in [1.29, 1.82) is 0 Å². The number of aromatic nitrogens is 2. The summed E-state index contributed by atoms with van der Waals surface area (Å²) in [5, 5.41) is 0. The third-order valence-electron chi connectivity index (χ3n) is 3.41. The van der Waals surface area contributed by atoms with E-state index < -0.39 is 0 Å². The normalized spacial score (nSPS) is 13.3. The van der Waals surface area contributed by atoms with Crippen LogP contribution in [0.15, 0.2) is 18.2 Å². The highest BCUT2D eigenvalue weighted by Crippen LogP contribution is 2.14. The number of nitrogens with two attached hydrogens (primary N) is 1. The van der Waals surface area contributed by atoms with E-state index in [9.17, 15) is 0 Å². The Morgan fingerprint density at radius 2 is 2.16 bits per heavy atom. The first-order valence-corrected chi connectivity index (χ1v) is 6.94. The van der Waals surface area contributed by atoms with Crippen molar-refractivity contribution in [3.05, 3.63) is 29.6 Å². The Labute approximate surface area is 115 Å². The second-order valence-electron chi connectivity index (χ2n) is 5.49. The standard InChI is InChI=1S/C15H24N4/c1-11(16)6-8-19(3)9-7-13-4-5-14-15(10-13)18-12(2)17-14/h4-5,10-11H,6-9,16H2,1-3H3,(H,17,18). The van der Waals surface area contributed by atoms with Crippen LogP contribution in [-0.4, -0.2) is 41.0 Å². The van der Waals surface area contributed by atoms with Gasteiger partial charge < -0.3 is 15.6 Å². The van der Waals surface area contributed by atoms with Crippen LogP contribution >= 0.6 is 0 Å². The molecule has 2 rings (SSSR count). The number of likely N-dealkylation sites (N-methyl/N-ethyl adjacent to an activating group) is 1. The summed E-state index contributed by atoms with van der Waals surface area (Å²) in [6.45, 7) is 6.16. The van der Waals surface area contributed by atoms with E-state index in [4.69, 9.17) is 5.73 Å². The maximum Gasteiger partial charge on any atom is 0.104 e. The fourth-order valence-electron chi connectivity index (χ4n) is 2.20. The summed E-state index contributed by atoms with van der Waals surface area (Å²) in [6.07, 6.45) is 2.11. The largest absolute Gasteiger partial charge is 0.342 e. The maximum absolute atomic E-state index is 5.77. The molecule has 0 aliphatic carbocycles. The summed E-state index contributed by atoms with van der Waals surface area (Å²) in [5.41, 5.74) is 9.31. The van der Waals surface area contributed by atoms with E-state index in [2.05, 4.69) is 47.0 Å². The molecule has 0 saturated carbocycles. The number of imidazole rings is 1. The Kier molecular flexibility index (Phi) is 4.56. The average molecular weight is 260 g/mol. The van der Waals surface area contributed by atoms with Crippen molar-refractivity contribution >= 4 is 11.0 Å². The van der Waals surface area contributed by atoms with Gasteiger partial charge in [-0.2, -0.15) is 0 Å². The molecule has 4 heteroatoms. The lowest BCUT2D eigenvalue weighted by Crippen LogP contribution is -2.27. The minimum absolute atomic E-state index is 0.284. The van der Waals surface area contributed by atoms with Gasteiger partial charge in [-0.3, -0.25) is 0 Å². The van der Waals surface area contributed by atoms with Crippen LogP contribution in [0.2, 0.25) is 0 Å². The number of nitrogens with zero attached hydrogens (tertiary/aromatic N) is 2. The molecular weight excluding hydrogens is 236 g/mol. The third kappa shape index (κ3) is 4.04. The van der Waals surface area contributed by atoms with Crippen LogP contribution in [0.4, 0.5) is 0 Å². The zero-order valence-corrected chi connectivity index (χ0v) is 12.1. The number of fused-ring (bicyclic) bond motifs is 1. The predicted octanol–water partition coefficient (Wildman–Crippen LogP) is 2.08. The van der Waals surface area contributed by atoms with Crippen molar-refractivity contribution in [2.24, 2.45) is 5.73 Å². The summed E-state index contributed by atoms with van der Waals surface area (Å²) < 4.78 is 0. The van der Waals surface area contributed by atoms with Gasteiger partial charge in [-0.25, -0.2) is 4.98 Å². The van der Waals surface area contributed by atoms with Crippen LogP contribution in [0.1, 0.15) is 24.7 Å². The van der Waals surface area contributed by atoms with E-state index in [-0.39, 0.29) is 6.04 Å². The maximum atomic E-state index is 5.77. The summed E-state index contributed by atoms with van der Waals surface area (Å²) in [4.78, 5) is 10.0. The molecule has 4 nitrogen and oxygen atoms in total. The van der Waals surface area contributed by atoms with Crippen LogP contribution in [-0.2, 0) is 6.42 Å². The molecule has 1 heterocycles. The molecule has 0 saturated heterocycles. The number of hydrogen-bond acceptors (Lipinski definition) is 3. The highest BCUT2D eigenvalue weighted by molar-refractivity contribution is 5.75. The Bertz CT molecular complexity index is 530. The van der Waals surface area contributed by atoms with Gasteiger partial charge in [0.25, 0.3) is 0 Å². The smallest absolute Gasteiger partial charge is 0.104 e. The second kappa shape index (κ2) is 6.17. The minimum Gasteiger partial charge on any atom is -0.342 e. The highest BCUT2D eigenvalue weighted by Gasteiger charge is 2.04. The van der Waals surface area contributed by atoms with E-state index >= 15 is 0 Å². The van der Waals surface area contributed by atoms with Gasteiger partial charge in [-0.15, -0.1) is 0 Å². The molecule has 0 radical (unpaired) electrons. The Morgan fingerprint density at radius 3 is 2.89 bits per heavy atom. The van der Waals surface area contributed by atoms with Crippen molar-refractivity contribution in [3.63, 3.8) is 0 Å². The van der Waals surface area contributed by atoms with E-state index in [0.717, 1.165) is 42.8 Å². The van der Waals surface area contributed by atoms with Crippen LogP contribution in [0.3, 0.4) is 0 Å². The first kappa shape index (κ1) is 14.0. The van der Waals surface area contributed by atoms with Crippen molar-refractivity contribution < 1.29 is 0 Å². The monoisotopic (exact) mass is 260 g/mol. The number of rotatable bonds is 6. The molecule has 0 bridgehead atoms. The molecule has 1 aromatic heterocycles. The van der Waals surface area contributed by atoms with Crippen molar-refractivity contribution in [2.45, 2.75) is 32.7 Å². The zero-order chi connectivity index (χ0) is 13.8. The van der Waals surface area contributed by atoms with Gasteiger partial charge in [0.2, 0.25) is 0 Å². The molecule has 0 amide bonds. The molecule has 0 aliphatic heterocycles. The Balaban J connectivity index is 1.90. The molecule has 2 aromatic rings. The number of aryl methyl sites for hydroxylation is 1. The number of nitrogens with one attached hydrogen (secondary N) is 1. The van der Waals surface area contributed by atoms with E-state index in [1.165, 1.54) is 5.56 Å². The first-order chi connectivity index (χ1) is 9.04. The summed E-state index contributed by atoms with van der Waals surface area (Å²) in [7, 11) is 2.15. The second-order valence-corrected chi connectivity index (χ2v) is 5.49. The molecule has 19 heavy (non-hydrogen) atoms. The van der Waals surface area contributed by atoms with Gasteiger partial charge in [0.15, 0.2) is 0 Å². The van der Waals surface area contributed by atoms with Crippen LogP contribution in [0, 0.1) is 6.92 Å². The summed E-state index contributed by atoms with van der Waals surface area (Å²) in [5.74, 6) is 0.973. The fraction of sp³-hybridized carbons (Fsp3) is 0.533. The van der Waals surface area contributed by atoms with Gasteiger partial charge in [0, 0.05) is 12.6 Å². The first-order valence-electron chi connectivity index (χ1n) is 6.94. The molecule has 1 unspecified atom stereocenters. The van der Waals surface area contributed by atoms with Crippen LogP contribution in [0.5, 0.6) is 0 Å². The number of H-pyrrole nitrogens is 1. The van der Waals surface area contributed by atoms with E-state index in [0.29, 0.717) is 0 Å². The van der Waals surface area contributed by atoms with Gasteiger partial charge in [-0.05, 0) is 58.0 Å². The molecule has 0 spiro atoms. The summed E-state index contributed by atoms with van der Waals surface area (Å²) in [6, 6.07) is 6.75. The topological polar surface area (TPSA) is 57.9 Å². The quantitative estimate of drug-likeness (QED) is 0.836. The van der Waals surface area contributed by atoms with Crippen LogP contribution in [0.25, 0.3) is 11.0 Å². The van der Waals surface area contributed by atoms with Gasteiger partial charge in [0.05, 0.1) is 11.0 Å². The SMILES string of the molecule is Cc1nc2ccc(CCN(C)CCC(C)N)cc2[nH]1. The van der Waals surface area contributed by atoms with Crippen LogP contribution < -0.4 is 5.73 Å². The number of hydrogen-bond donors (Lipinski definition) is 2. The lowest BCUT2D eigenvalue weighted by Gasteiger charge is -2.17. The zero-order valence-electron chi connectivity index (χ0n) is 12.1. The Morgan fingerprint density at radius 1 is 1.37 bits per heavy atom. The van der Waals surface area contributed by atoms with E-state index in [1.54, 1.807) is 0 Å². The molecule has 1 atom stereocenters. The molecule has 104 valence electrons. The van der Waals surface area contributed by atoms with E-state index in [1.807, 2.05) is 6.92 Å². The minimum atomic E-state index is 0.284. The molecular formula is C15H24N4. The van der Waals surface area contributed by atoms with Crippen molar-refractivity contribution in [2.75, 3.05) is 20.1 Å². The lowest BCUT2D eigenvalue weighted by atomic mass is 10.1. The van der Waals surface area contributed by atoms with Gasteiger partial charge in [0.1, 0.15) is 5.82 Å². The fourth-order valence-corrected chi connectivity index (χ4v) is 2.20. The Hall–Kier alpha value is -1.39. The average Bonchev–Trinajstić information content (AvgIpc) is 2.73. The third-order valence-corrected chi connectivity index (χ3v) is 3.41. The molecule has 1 aromatic carbocycles.